The minimum Gasteiger partial charge on any atom is -0.462 e. The molecule has 0 saturated heterocycles. The number of phosphoric acid groups is 2. The van der Waals surface area contributed by atoms with Crippen LogP contribution in [0.15, 0.2) is 0 Å². The highest BCUT2D eigenvalue weighted by atomic mass is 31.2. The first-order chi connectivity index (χ1) is 49.9. The van der Waals surface area contributed by atoms with Crippen molar-refractivity contribution < 1.29 is 80.2 Å². The van der Waals surface area contributed by atoms with E-state index in [0.29, 0.717) is 25.7 Å². The molecular formula is C84H164O17P2. The molecule has 0 aromatic heterocycles. The first-order valence-corrected chi connectivity index (χ1v) is 46.5. The predicted octanol–water partition coefficient (Wildman–Crippen LogP) is 25.5. The first-order valence-electron chi connectivity index (χ1n) is 43.5. The molecule has 0 aliphatic rings. The summed E-state index contributed by atoms with van der Waals surface area (Å²) in [5.74, 6) is -0.459. The van der Waals surface area contributed by atoms with E-state index >= 15 is 0 Å². The molecular weight excluding hydrogens is 1340 g/mol. The number of aliphatic hydroxyl groups excluding tert-OH is 1. The fraction of sp³-hybridized carbons (Fsp3) is 0.952. The van der Waals surface area contributed by atoms with Crippen LogP contribution < -0.4 is 0 Å². The Morgan fingerprint density at radius 3 is 0.738 bits per heavy atom. The molecule has 3 unspecified atom stereocenters. The average Bonchev–Trinajstić information content (AvgIpc) is 1.22. The van der Waals surface area contributed by atoms with E-state index in [1.165, 1.54) is 257 Å². The molecule has 0 rings (SSSR count). The van der Waals surface area contributed by atoms with Crippen molar-refractivity contribution >= 4 is 39.5 Å². The van der Waals surface area contributed by atoms with Gasteiger partial charge in [0.2, 0.25) is 0 Å². The Morgan fingerprint density at radius 2 is 0.495 bits per heavy atom. The minimum absolute atomic E-state index is 0.107. The second-order valence-electron chi connectivity index (χ2n) is 30.9. The van der Waals surface area contributed by atoms with Gasteiger partial charge in [0.25, 0.3) is 0 Å². The maximum atomic E-state index is 13.1. The molecule has 0 spiro atoms. The normalized spacial score (nSPS) is 14.1. The van der Waals surface area contributed by atoms with Gasteiger partial charge in [-0.2, -0.15) is 0 Å². The Kier molecular flexibility index (Phi) is 74.1. The Labute approximate surface area is 632 Å². The Morgan fingerprint density at radius 1 is 0.282 bits per heavy atom. The summed E-state index contributed by atoms with van der Waals surface area (Å²) in [4.78, 5) is 73.0. The highest BCUT2D eigenvalue weighted by Gasteiger charge is 2.30. The van der Waals surface area contributed by atoms with Crippen molar-refractivity contribution in [3.63, 3.8) is 0 Å². The number of carbonyl (C=O) groups excluding carboxylic acids is 4. The SMILES string of the molecule is CCCCCCCCCCCCCCCCCCCCC(=O)OC[C@H](COP(=O)(O)OC[C@@H](O)COP(=O)(O)OC[C@@H](COC(=O)CCCCCCCCCC)OC(=O)CCCCCCCCCCCCCCC(C)C)OC(=O)CCCCCCCCCCCCCCCCCCCCC(C)CC. The molecule has 0 aliphatic heterocycles. The van der Waals surface area contributed by atoms with Crippen molar-refractivity contribution in [3.05, 3.63) is 0 Å². The van der Waals surface area contributed by atoms with E-state index in [1.54, 1.807) is 0 Å². The Balaban J connectivity index is 5.19. The third kappa shape index (κ3) is 76.6. The van der Waals surface area contributed by atoms with E-state index in [4.69, 9.17) is 37.0 Å². The summed E-state index contributed by atoms with van der Waals surface area (Å²) >= 11 is 0. The van der Waals surface area contributed by atoms with Crippen LogP contribution in [0.3, 0.4) is 0 Å². The number of unbranched alkanes of at least 4 members (excludes halogenated alkanes) is 52. The lowest BCUT2D eigenvalue weighted by atomic mass is 9.99. The lowest BCUT2D eigenvalue weighted by molar-refractivity contribution is -0.161. The second-order valence-corrected chi connectivity index (χ2v) is 33.8. The summed E-state index contributed by atoms with van der Waals surface area (Å²) in [5, 5.41) is 10.6. The van der Waals surface area contributed by atoms with Crippen LogP contribution in [0.2, 0.25) is 0 Å². The summed E-state index contributed by atoms with van der Waals surface area (Å²) in [6, 6.07) is 0. The smallest absolute Gasteiger partial charge is 0.462 e. The van der Waals surface area contributed by atoms with Crippen molar-refractivity contribution in [3.8, 4) is 0 Å². The summed E-state index contributed by atoms with van der Waals surface area (Å²) < 4.78 is 68.7. The van der Waals surface area contributed by atoms with Crippen molar-refractivity contribution in [2.24, 2.45) is 11.8 Å². The molecule has 19 heteroatoms. The molecule has 17 nitrogen and oxygen atoms in total. The van der Waals surface area contributed by atoms with Crippen LogP contribution in [0, 0.1) is 11.8 Å². The van der Waals surface area contributed by atoms with Crippen LogP contribution in [-0.2, 0) is 65.4 Å². The summed E-state index contributed by atoms with van der Waals surface area (Å²) in [6.45, 7) is 9.70. The van der Waals surface area contributed by atoms with E-state index in [1.807, 2.05) is 0 Å². The summed E-state index contributed by atoms with van der Waals surface area (Å²) in [6.07, 6.45) is 66.7. The number of carbonyl (C=O) groups is 4. The Bertz CT molecular complexity index is 1980. The van der Waals surface area contributed by atoms with Crippen molar-refractivity contribution in [1.82, 2.24) is 0 Å². The van der Waals surface area contributed by atoms with Crippen LogP contribution >= 0.6 is 15.6 Å². The van der Waals surface area contributed by atoms with E-state index < -0.39 is 97.5 Å². The van der Waals surface area contributed by atoms with Crippen LogP contribution in [-0.4, -0.2) is 96.7 Å². The van der Waals surface area contributed by atoms with E-state index in [0.717, 1.165) is 108 Å². The predicted molar refractivity (Wildman–Crippen MR) is 423 cm³/mol. The first kappa shape index (κ1) is 101. The molecule has 612 valence electrons. The van der Waals surface area contributed by atoms with Crippen molar-refractivity contribution in [2.75, 3.05) is 39.6 Å². The second kappa shape index (κ2) is 75.5. The summed E-state index contributed by atoms with van der Waals surface area (Å²) in [7, 11) is -9.92. The van der Waals surface area contributed by atoms with Gasteiger partial charge in [0, 0.05) is 25.7 Å². The maximum absolute atomic E-state index is 13.1. The molecule has 0 saturated carbocycles. The number of rotatable bonds is 83. The Hall–Kier alpha value is -1.94. The van der Waals surface area contributed by atoms with Gasteiger partial charge in [-0.1, -0.05) is 395 Å². The number of ether oxygens (including phenoxy) is 4. The third-order valence-corrected chi connectivity index (χ3v) is 22.0. The zero-order valence-corrected chi connectivity index (χ0v) is 69.4. The summed E-state index contributed by atoms with van der Waals surface area (Å²) in [5.41, 5.74) is 0. The van der Waals surface area contributed by atoms with E-state index in [2.05, 4.69) is 41.5 Å². The molecule has 0 radical (unpaired) electrons. The topological polar surface area (TPSA) is 237 Å². The number of esters is 4. The van der Waals surface area contributed by atoms with Crippen LogP contribution in [0.4, 0.5) is 0 Å². The molecule has 3 N–H and O–H groups in total. The molecule has 0 amide bonds. The van der Waals surface area contributed by atoms with Gasteiger partial charge in [0.15, 0.2) is 12.2 Å². The van der Waals surface area contributed by atoms with Gasteiger partial charge in [-0.25, -0.2) is 9.13 Å². The fourth-order valence-electron chi connectivity index (χ4n) is 13.0. The number of aliphatic hydroxyl groups is 1. The quantitative estimate of drug-likeness (QED) is 0.0222. The lowest BCUT2D eigenvalue weighted by Crippen LogP contribution is -2.30. The molecule has 0 bridgehead atoms. The van der Waals surface area contributed by atoms with Gasteiger partial charge in [0.1, 0.15) is 19.3 Å². The minimum atomic E-state index is -4.96. The van der Waals surface area contributed by atoms with E-state index in [-0.39, 0.29) is 25.7 Å². The zero-order chi connectivity index (χ0) is 75.6. The van der Waals surface area contributed by atoms with Gasteiger partial charge in [-0.05, 0) is 37.5 Å². The van der Waals surface area contributed by atoms with Gasteiger partial charge < -0.3 is 33.8 Å². The van der Waals surface area contributed by atoms with Gasteiger partial charge in [-0.3, -0.25) is 37.3 Å². The highest BCUT2D eigenvalue weighted by molar-refractivity contribution is 7.47. The molecule has 0 heterocycles. The van der Waals surface area contributed by atoms with Crippen LogP contribution in [0.1, 0.15) is 446 Å². The average molecular weight is 1510 g/mol. The molecule has 0 fully saturated rings. The van der Waals surface area contributed by atoms with Gasteiger partial charge in [0.05, 0.1) is 26.4 Å². The maximum Gasteiger partial charge on any atom is 0.472 e. The molecule has 0 aromatic carbocycles. The third-order valence-electron chi connectivity index (χ3n) is 20.1. The molecule has 103 heavy (non-hydrogen) atoms. The standard InChI is InChI=1S/C84H164O17P2/c1-7-10-12-14-16-18-19-20-21-22-26-29-32-38-43-49-55-61-67-82(87)95-73-80(101-83(88)68-62-56-50-44-39-33-30-27-24-23-25-28-31-37-42-47-53-59-65-77(6)9-3)75-99-103(92,93)97-71-78(85)70-96-102(90,91)98-74-79(72-94-81(86)66-60-54-48-17-15-13-11-8-2)100-84(89)69-63-57-51-45-40-35-34-36-41-46-52-58-64-76(4)5/h76-80,85H,7-75H2,1-6H3,(H,90,91)(H,92,93)/t77?,78-,79+,80+/m0/s1. The van der Waals surface area contributed by atoms with Crippen molar-refractivity contribution in [1.29, 1.82) is 0 Å². The number of phosphoric ester groups is 2. The highest BCUT2D eigenvalue weighted by Crippen LogP contribution is 2.45. The van der Waals surface area contributed by atoms with Crippen LogP contribution in [0.5, 0.6) is 0 Å². The monoisotopic (exact) mass is 1510 g/mol. The van der Waals surface area contributed by atoms with Gasteiger partial charge >= 0.3 is 39.5 Å². The zero-order valence-electron chi connectivity index (χ0n) is 67.6. The van der Waals surface area contributed by atoms with Crippen LogP contribution in [0.25, 0.3) is 0 Å². The molecule has 6 atom stereocenters. The largest absolute Gasteiger partial charge is 0.472 e. The number of hydrogen-bond acceptors (Lipinski definition) is 15. The fourth-order valence-corrected chi connectivity index (χ4v) is 14.6. The number of hydrogen-bond donors (Lipinski definition) is 3. The molecule has 0 aliphatic carbocycles. The molecule has 0 aromatic rings. The van der Waals surface area contributed by atoms with Crippen molar-refractivity contribution in [2.45, 2.75) is 464 Å². The van der Waals surface area contributed by atoms with Gasteiger partial charge in [-0.15, -0.1) is 0 Å². The van der Waals surface area contributed by atoms with E-state index in [9.17, 15) is 43.2 Å². The lowest BCUT2D eigenvalue weighted by Gasteiger charge is -2.21.